The number of benzene rings is 1. The Balaban J connectivity index is 1.17. The third kappa shape index (κ3) is 3.32. The van der Waals surface area contributed by atoms with Gasteiger partial charge in [0, 0.05) is 25.2 Å². The number of para-hydroxylation sites is 1. The number of likely N-dealkylation sites (tertiary alicyclic amines) is 1. The SMILES string of the molecule is O=C(c1cnn(-c2nc3ccsc3c(=O)[nH]2)c1)N1CCC(c2nc3ccccc3s2)CC1. The monoisotopic (exact) mass is 462 g/mol. The zero-order valence-electron chi connectivity index (χ0n) is 16.9. The van der Waals surface area contributed by atoms with E-state index in [0.29, 0.717) is 40.7 Å². The lowest BCUT2D eigenvalue weighted by Gasteiger charge is -2.30. The van der Waals surface area contributed by atoms with Gasteiger partial charge < -0.3 is 4.90 Å². The van der Waals surface area contributed by atoms with Crippen LogP contribution in [0.3, 0.4) is 0 Å². The molecule has 1 amide bonds. The highest BCUT2D eigenvalue weighted by Crippen LogP contribution is 2.34. The first-order valence-electron chi connectivity index (χ1n) is 10.3. The number of rotatable bonds is 3. The van der Waals surface area contributed by atoms with Crippen LogP contribution in [0.4, 0.5) is 0 Å². The molecule has 1 aromatic carbocycles. The predicted octanol–water partition coefficient (Wildman–Crippen LogP) is 3.80. The zero-order valence-corrected chi connectivity index (χ0v) is 18.5. The molecule has 0 aliphatic carbocycles. The second-order valence-corrected chi connectivity index (χ2v) is 9.76. The van der Waals surface area contributed by atoms with Gasteiger partial charge in [-0.2, -0.15) is 5.10 Å². The molecule has 32 heavy (non-hydrogen) atoms. The molecule has 8 nitrogen and oxygen atoms in total. The molecule has 1 aliphatic rings. The first kappa shape index (κ1) is 19.3. The van der Waals surface area contributed by atoms with Crippen LogP contribution in [0.25, 0.3) is 26.4 Å². The number of carbonyl (C=O) groups excluding carboxylic acids is 1. The summed E-state index contributed by atoms with van der Waals surface area (Å²) in [7, 11) is 0. The molecule has 1 N–H and O–H groups in total. The van der Waals surface area contributed by atoms with Gasteiger partial charge in [-0.05, 0) is 36.4 Å². The summed E-state index contributed by atoms with van der Waals surface area (Å²) in [4.78, 5) is 39.1. The zero-order chi connectivity index (χ0) is 21.7. The van der Waals surface area contributed by atoms with E-state index in [2.05, 4.69) is 21.1 Å². The highest BCUT2D eigenvalue weighted by Gasteiger charge is 2.27. The molecule has 0 atom stereocenters. The molecular weight excluding hydrogens is 444 g/mol. The molecule has 1 aliphatic heterocycles. The normalized spacial score (nSPS) is 15.1. The van der Waals surface area contributed by atoms with Crippen LogP contribution in [0.5, 0.6) is 0 Å². The van der Waals surface area contributed by atoms with Crippen molar-refractivity contribution in [2.75, 3.05) is 13.1 Å². The van der Waals surface area contributed by atoms with Crippen molar-refractivity contribution in [2.45, 2.75) is 18.8 Å². The molecule has 0 saturated carbocycles. The summed E-state index contributed by atoms with van der Waals surface area (Å²) in [5, 5.41) is 7.24. The molecule has 0 unspecified atom stereocenters. The largest absolute Gasteiger partial charge is 0.339 e. The van der Waals surface area contributed by atoms with Gasteiger partial charge in [0.2, 0.25) is 5.95 Å². The van der Waals surface area contributed by atoms with Crippen LogP contribution in [0, 0.1) is 0 Å². The number of hydrogen-bond acceptors (Lipinski definition) is 7. The van der Waals surface area contributed by atoms with Gasteiger partial charge in [-0.15, -0.1) is 22.7 Å². The molecule has 1 saturated heterocycles. The number of thiazole rings is 1. The summed E-state index contributed by atoms with van der Waals surface area (Å²) < 4.78 is 3.23. The van der Waals surface area contributed by atoms with Crippen LogP contribution >= 0.6 is 22.7 Å². The molecule has 160 valence electrons. The van der Waals surface area contributed by atoms with Crippen LogP contribution in [-0.4, -0.2) is 48.6 Å². The predicted molar refractivity (Wildman–Crippen MR) is 125 cm³/mol. The molecule has 5 heterocycles. The van der Waals surface area contributed by atoms with Crippen molar-refractivity contribution < 1.29 is 4.79 Å². The van der Waals surface area contributed by atoms with Gasteiger partial charge in [-0.1, -0.05) is 12.1 Å². The van der Waals surface area contributed by atoms with E-state index in [1.54, 1.807) is 23.6 Å². The Bertz CT molecular complexity index is 1470. The molecule has 0 spiro atoms. The van der Waals surface area contributed by atoms with E-state index in [1.807, 2.05) is 28.5 Å². The number of aromatic amines is 1. The van der Waals surface area contributed by atoms with E-state index >= 15 is 0 Å². The minimum absolute atomic E-state index is 0.0574. The Hall–Kier alpha value is -3.37. The summed E-state index contributed by atoms with van der Waals surface area (Å²) in [6, 6.07) is 9.99. The lowest BCUT2D eigenvalue weighted by molar-refractivity contribution is 0.0713. The van der Waals surface area contributed by atoms with E-state index in [9.17, 15) is 9.59 Å². The second kappa shape index (κ2) is 7.64. The Kier molecular flexibility index (Phi) is 4.62. The number of aromatic nitrogens is 5. The van der Waals surface area contributed by atoms with E-state index in [-0.39, 0.29) is 11.5 Å². The van der Waals surface area contributed by atoms with Crippen molar-refractivity contribution in [3.8, 4) is 5.95 Å². The van der Waals surface area contributed by atoms with Crippen molar-refractivity contribution in [2.24, 2.45) is 0 Å². The number of nitrogens with zero attached hydrogens (tertiary/aromatic N) is 5. The third-order valence-electron chi connectivity index (χ3n) is 5.79. The Labute approximate surface area is 190 Å². The fraction of sp³-hybridized carbons (Fsp3) is 0.227. The highest BCUT2D eigenvalue weighted by molar-refractivity contribution is 7.18. The van der Waals surface area contributed by atoms with E-state index in [0.717, 1.165) is 23.4 Å². The summed E-state index contributed by atoms with van der Waals surface area (Å²) in [6.45, 7) is 1.36. The van der Waals surface area contributed by atoms with Gasteiger partial charge in [-0.3, -0.25) is 14.6 Å². The van der Waals surface area contributed by atoms with Gasteiger partial charge in [0.05, 0.1) is 32.5 Å². The van der Waals surface area contributed by atoms with Crippen LogP contribution in [0.1, 0.15) is 34.1 Å². The number of amides is 1. The number of carbonyl (C=O) groups is 1. The number of thiophene rings is 1. The fourth-order valence-electron chi connectivity index (χ4n) is 4.10. The number of nitrogens with one attached hydrogen (secondary N) is 1. The number of H-pyrrole nitrogens is 1. The van der Waals surface area contributed by atoms with E-state index < -0.39 is 0 Å². The minimum atomic E-state index is -0.208. The van der Waals surface area contributed by atoms with Gasteiger partial charge in [0.25, 0.3) is 11.5 Å². The summed E-state index contributed by atoms with van der Waals surface area (Å²) >= 11 is 3.10. The lowest BCUT2D eigenvalue weighted by atomic mass is 9.97. The third-order valence-corrected chi connectivity index (χ3v) is 7.89. The maximum Gasteiger partial charge on any atom is 0.270 e. The molecule has 0 radical (unpaired) electrons. The van der Waals surface area contributed by atoms with Gasteiger partial charge in [-0.25, -0.2) is 14.6 Å². The quantitative estimate of drug-likeness (QED) is 0.440. The van der Waals surface area contributed by atoms with Gasteiger partial charge in [0.1, 0.15) is 4.70 Å². The lowest BCUT2D eigenvalue weighted by Crippen LogP contribution is -2.37. The van der Waals surface area contributed by atoms with Crippen LogP contribution < -0.4 is 5.56 Å². The smallest absolute Gasteiger partial charge is 0.270 e. The Morgan fingerprint density at radius 1 is 1.09 bits per heavy atom. The minimum Gasteiger partial charge on any atom is -0.339 e. The second-order valence-electron chi connectivity index (χ2n) is 7.78. The van der Waals surface area contributed by atoms with Crippen molar-refractivity contribution in [1.82, 2.24) is 29.6 Å². The maximum absolute atomic E-state index is 13.0. The average Bonchev–Trinajstić information content (AvgIpc) is 3.57. The van der Waals surface area contributed by atoms with Crippen molar-refractivity contribution in [3.63, 3.8) is 0 Å². The van der Waals surface area contributed by atoms with E-state index in [1.165, 1.54) is 26.9 Å². The maximum atomic E-state index is 13.0. The van der Waals surface area contributed by atoms with Crippen molar-refractivity contribution in [1.29, 1.82) is 0 Å². The number of hydrogen-bond donors (Lipinski definition) is 1. The first-order valence-corrected chi connectivity index (χ1v) is 12.0. The van der Waals surface area contributed by atoms with Gasteiger partial charge >= 0.3 is 0 Å². The van der Waals surface area contributed by atoms with Crippen LogP contribution in [-0.2, 0) is 0 Å². The van der Waals surface area contributed by atoms with Gasteiger partial charge in [0.15, 0.2) is 0 Å². The summed E-state index contributed by atoms with van der Waals surface area (Å²) in [5.41, 5.74) is 1.94. The van der Waals surface area contributed by atoms with Crippen LogP contribution in [0.2, 0.25) is 0 Å². The molecule has 10 heteroatoms. The molecule has 6 rings (SSSR count). The Morgan fingerprint density at radius 3 is 2.78 bits per heavy atom. The molecule has 5 aromatic rings. The Morgan fingerprint density at radius 2 is 1.94 bits per heavy atom. The topological polar surface area (TPSA) is 96.8 Å². The summed E-state index contributed by atoms with van der Waals surface area (Å²) in [6.07, 6.45) is 4.94. The van der Waals surface area contributed by atoms with Crippen LogP contribution in [0.15, 0.2) is 52.9 Å². The average molecular weight is 463 g/mol. The molecular formula is C22H18N6O2S2. The summed E-state index contributed by atoms with van der Waals surface area (Å²) in [5.74, 6) is 0.623. The molecule has 1 fully saturated rings. The highest BCUT2D eigenvalue weighted by atomic mass is 32.1. The molecule has 4 aromatic heterocycles. The number of fused-ring (bicyclic) bond motifs is 2. The van der Waals surface area contributed by atoms with E-state index in [4.69, 9.17) is 4.98 Å². The molecule has 0 bridgehead atoms. The fourth-order valence-corrected chi connectivity index (χ4v) is 5.96. The van der Waals surface area contributed by atoms with Crippen molar-refractivity contribution in [3.05, 3.63) is 69.0 Å². The number of piperidine rings is 1. The van der Waals surface area contributed by atoms with Crippen molar-refractivity contribution >= 4 is 49.0 Å². The first-order chi connectivity index (χ1) is 15.7. The standard InChI is InChI=1S/C22H18N6O2S2/c29-19-18-16(7-10-31-18)25-22(26-19)28-12-14(11-23-28)21(30)27-8-5-13(6-9-27)20-24-15-3-1-2-4-17(15)32-20/h1-4,7,10-13H,5-6,8-9H2,(H,25,26,29).